The molecule has 6 heteroatoms. The third-order valence-electron chi connectivity index (χ3n) is 4.59. The normalized spacial score (nSPS) is 11.9. The van der Waals surface area contributed by atoms with E-state index in [9.17, 15) is 9.59 Å². The van der Waals surface area contributed by atoms with E-state index in [-0.39, 0.29) is 30.9 Å². The van der Waals surface area contributed by atoms with Crippen LogP contribution in [0.2, 0.25) is 5.02 Å². The minimum Gasteiger partial charge on any atom is -0.456 e. The lowest BCUT2D eigenvalue weighted by atomic mass is 10.1. The average molecular weight is 399 g/mol. The highest BCUT2D eigenvalue weighted by Gasteiger charge is 2.12. The van der Waals surface area contributed by atoms with E-state index in [4.69, 9.17) is 16.3 Å². The summed E-state index contributed by atoms with van der Waals surface area (Å²) in [7, 11) is 0. The molecular weight excluding hydrogens is 376 g/mol. The summed E-state index contributed by atoms with van der Waals surface area (Å²) in [6.45, 7) is 1.57. The van der Waals surface area contributed by atoms with Crippen molar-refractivity contribution in [3.05, 3.63) is 70.9 Å². The molecule has 3 aromatic rings. The minimum atomic E-state index is -0.370. The van der Waals surface area contributed by atoms with E-state index in [1.54, 1.807) is 12.1 Å². The van der Waals surface area contributed by atoms with Gasteiger partial charge in [0.1, 0.15) is 0 Å². The smallest absolute Gasteiger partial charge is 0.306 e. The molecule has 0 spiro atoms. The number of para-hydroxylation sites is 1. The van der Waals surface area contributed by atoms with E-state index in [1.165, 1.54) is 10.9 Å². The predicted octanol–water partition coefficient (Wildman–Crippen LogP) is 4.56. The first-order chi connectivity index (χ1) is 13.5. The summed E-state index contributed by atoms with van der Waals surface area (Å²) >= 11 is 5.96. The van der Waals surface area contributed by atoms with Gasteiger partial charge in [-0.1, -0.05) is 41.9 Å². The van der Waals surface area contributed by atoms with Gasteiger partial charge in [-0.2, -0.15) is 0 Å². The maximum atomic E-state index is 12.0. The number of benzene rings is 2. The number of rotatable bonds is 8. The van der Waals surface area contributed by atoms with Crippen LogP contribution in [0.4, 0.5) is 0 Å². The lowest BCUT2D eigenvalue weighted by molar-refractivity contribution is -0.148. The molecule has 146 valence electrons. The second-order valence-electron chi connectivity index (χ2n) is 6.72. The average Bonchev–Trinajstić information content (AvgIpc) is 3.09. The fraction of sp³-hybridized carbons (Fsp3) is 0.273. The van der Waals surface area contributed by atoms with Crippen molar-refractivity contribution < 1.29 is 14.3 Å². The zero-order valence-electron chi connectivity index (χ0n) is 15.7. The Hall–Kier alpha value is -2.79. The van der Waals surface area contributed by atoms with Crippen LogP contribution in [0.15, 0.2) is 54.7 Å². The Labute approximate surface area is 169 Å². The molecule has 3 rings (SSSR count). The number of aromatic amines is 1. The van der Waals surface area contributed by atoms with E-state index in [2.05, 4.69) is 16.4 Å². The van der Waals surface area contributed by atoms with Gasteiger partial charge >= 0.3 is 5.97 Å². The Morgan fingerprint density at radius 1 is 1.18 bits per heavy atom. The van der Waals surface area contributed by atoms with Gasteiger partial charge < -0.3 is 15.0 Å². The highest BCUT2D eigenvalue weighted by molar-refractivity contribution is 6.30. The van der Waals surface area contributed by atoms with E-state index in [0.29, 0.717) is 11.4 Å². The molecule has 1 atom stereocenters. The largest absolute Gasteiger partial charge is 0.456 e. The number of hydrogen-bond donors (Lipinski definition) is 2. The molecule has 5 nitrogen and oxygen atoms in total. The summed E-state index contributed by atoms with van der Waals surface area (Å²) in [5.74, 6) is -0.706. The first-order valence-electron chi connectivity index (χ1n) is 9.28. The molecule has 0 aliphatic rings. The molecule has 0 fully saturated rings. The molecular formula is C22H23ClN2O3. The van der Waals surface area contributed by atoms with Gasteiger partial charge in [0.25, 0.3) is 5.91 Å². The molecule has 0 aliphatic carbocycles. The van der Waals surface area contributed by atoms with Crippen LogP contribution in [0.3, 0.4) is 0 Å². The molecule has 0 saturated heterocycles. The van der Waals surface area contributed by atoms with Crippen LogP contribution in [0.25, 0.3) is 10.9 Å². The minimum absolute atomic E-state index is 0.216. The van der Waals surface area contributed by atoms with Gasteiger partial charge in [-0.25, -0.2) is 0 Å². The van der Waals surface area contributed by atoms with Crippen LogP contribution >= 0.6 is 11.6 Å². The Bertz CT molecular complexity index is 967. The Balaban J connectivity index is 1.38. The predicted molar refractivity (Wildman–Crippen MR) is 110 cm³/mol. The van der Waals surface area contributed by atoms with E-state index in [0.717, 1.165) is 17.5 Å². The molecule has 0 bridgehead atoms. The zero-order valence-corrected chi connectivity index (χ0v) is 16.5. The van der Waals surface area contributed by atoms with Crippen molar-refractivity contribution in [2.75, 3.05) is 6.61 Å². The number of aryl methyl sites for hydroxylation is 1. The molecule has 28 heavy (non-hydrogen) atoms. The molecule has 0 saturated carbocycles. The zero-order chi connectivity index (χ0) is 19.9. The van der Waals surface area contributed by atoms with Gasteiger partial charge in [-0.3, -0.25) is 9.59 Å². The first-order valence-corrected chi connectivity index (χ1v) is 9.66. The Morgan fingerprint density at radius 3 is 2.82 bits per heavy atom. The number of ether oxygens (including phenoxy) is 1. The van der Waals surface area contributed by atoms with E-state index >= 15 is 0 Å². The maximum absolute atomic E-state index is 12.0. The summed E-state index contributed by atoms with van der Waals surface area (Å²) in [5, 5.41) is 4.58. The summed E-state index contributed by atoms with van der Waals surface area (Å²) in [4.78, 5) is 27.1. The monoisotopic (exact) mass is 398 g/mol. The van der Waals surface area contributed by atoms with Crippen molar-refractivity contribution in [3.63, 3.8) is 0 Å². The lowest BCUT2D eigenvalue weighted by Gasteiger charge is -2.14. The second kappa shape index (κ2) is 9.42. The topological polar surface area (TPSA) is 71.2 Å². The summed E-state index contributed by atoms with van der Waals surface area (Å²) < 4.78 is 5.09. The van der Waals surface area contributed by atoms with E-state index < -0.39 is 0 Å². The highest BCUT2D eigenvalue weighted by atomic mass is 35.5. The van der Waals surface area contributed by atoms with Crippen LogP contribution in [0.5, 0.6) is 0 Å². The number of esters is 1. The van der Waals surface area contributed by atoms with Gasteiger partial charge in [0.2, 0.25) is 0 Å². The summed E-state index contributed by atoms with van der Waals surface area (Å²) in [6, 6.07) is 15.1. The van der Waals surface area contributed by atoms with Crippen LogP contribution in [0.1, 0.15) is 36.9 Å². The number of halogens is 1. The van der Waals surface area contributed by atoms with Crippen LogP contribution in [-0.2, 0) is 20.7 Å². The number of hydrogen-bond acceptors (Lipinski definition) is 3. The van der Waals surface area contributed by atoms with Crippen molar-refractivity contribution in [1.82, 2.24) is 10.3 Å². The second-order valence-corrected chi connectivity index (χ2v) is 7.15. The number of aromatic nitrogens is 1. The van der Waals surface area contributed by atoms with Crippen molar-refractivity contribution in [1.29, 1.82) is 0 Å². The number of fused-ring (bicyclic) bond motifs is 1. The number of H-pyrrole nitrogens is 1. The van der Waals surface area contributed by atoms with E-state index in [1.807, 2.05) is 43.5 Å². The van der Waals surface area contributed by atoms with Crippen LogP contribution in [-0.4, -0.2) is 23.5 Å². The summed E-state index contributed by atoms with van der Waals surface area (Å²) in [5.41, 5.74) is 3.16. The fourth-order valence-electron chi connectivity index (χ4n) is 3.12. The van der Waals surface area contributed by atoms with Crippen LogP contribution in [0, 0.1) is 0 Å². The number of carbonyl (C=O) groups excluding carboxylic acids is 2. The molecule has 0 aliphatic heterocycles. The molecule has 2 N–H and O–H groups in total. The van der Waals surface area contributed by atoms with Gasteiger partial charge in [0, 0.05) is 28.5 Å². The summed E-state index contributed by atoms with van der Waals surface area (Å²) in [6.07, 6.45) is 3.69. The number of nitrogens with one attached hydrogen (secondary N) is 2. The lowest BCUT2D eigenvalue weighted by Crippen LogP contribution is -2.31. The molecule has 2 aromatic carbocycles. The van der Waals surface area contributed by atoms with Gasteiger partial charge in [-0.05, 0) is 49.1 Å². The van der Waals surface area contributed by atoms with Crippen molar-refractivity contribution >= 4 is 34.4 Å². The molecule has 1 heterocycles. The molecule has 0 radical (unpaired) electrons. The van der Waals surface area contributed by atoms with Gasteiger partial charge in [0.15, 0.2) is 6.61 Å². The van der Waals surface area contributed by atoms with Crippen molar-refractivity contribution in [2.45, 2.75) is 32.2 Å². The molecule has 1 amide bonds. The number of amides is 1. The van der Waals surface area contributed by atoms with Gasteiger partial charge in [0.05, 0.1) is 6.04 Å². The fourth-order valence-corrected chi connectivity index (χ4v) is 3.32. The SMILES string of the molecule is C[C@@H](NC(=O)COC(=O)CCCc1c[nH]c2ccccc12)c1cccc(Cl)c1. The maximum Gasteiger partial charge on any atom is 0.306 e. The third-order valence-corrected chi connectivity index (χ3v) is 4.83. The Morgan fingerprint density at radius 2 is 2.00 bits per heavy atom. The molecule has 0 unspecified atom stereocenters. The van der Waals surface area contributed by atoms with Crippen molar-refractivity contribution in [2.24, 2.45) is 0 Å². The highest BCUT2D eigenvalue weighted by Crippen LogP contribution is 2.20. The quantitative estimate of drug-likeness (QED) is 0.546. The Kier molecular flexibility index (Phi) is 6.71. The molecule has 1 aromatic heterocycles. The number of carbonyl (C=O) groups is 2. The third kappa shape index (κ3) is 5.36. The van der Waals surface area contributed by atoms with Crippen LogP contribution < -0.4 is 5.32 Å². The standard InChI is InChI=1S/C22H23ClN2O3/c1-15(16-6-4-8-18(23)12-16)25-21(26)14-28-22(27)11-5-7-17-13-24-20-10-3-2-9-19(17)20/h2-4,6,8-10,12-13,15,24H,5,7,11,14H2,1H3,(H,25,26)/t15-/m1/s1. The van der Waals surface area contributed by atoms with Crippen molar-refractivity contribution in [3.8, 4) is 0 Å². The first kappa shape index (κ1) is 20.0. The van der Waals surface area contributed by atoms with Gasteiger partial charge in [-0.15, -0.1) is 0 Å².